The Labute approximate surface area is 96.6 Å². The van der Waals surface area contributed by atoms with Crippen LogP contribution in [0, 0.1) is 0 Å². The Kier molecular flexibility index (Phi) is 3.00. The number of aryl methyl sites for hydroxylation is 1. The number of aliphatic imine (C=N–C) groups is 1. The van der Waals surface area contributed by atoms with Gasteiger partial charge in [0.05, 0.1) is 6.54 Å². The number of carbonyl (C=O) groups excluding carboxylic acids is 2. The van der Waals surface area contributed by atoms with Crippen LogP contribution >= 0.6 is 11.3 Å². The van der Waals surface area contributed by atoms with E-state index in [2.05, 4.69) is 28.6 Å². The summed E-state index contributed by atoms with van der Waals surface area (Å²) in [6.45, 7) is 2.56. The van der Waals surface area contributed by atoms with Crippen molar-refractivity contribution in [2.75, 3.05) is 0 Å². The van der Waals surface area contributed by atoms with Gasteiger partial charge in [-0.05, 0) is 23.4 Å². The average Bonchev–Trinajstić information content (AvgIpc) is 2.83. The van der Waals surface area contributed by atoms with E-state index in [1.807, 2.05) is 5.38 Å². The van der Waals surface area contributed by atoms with Crippen LogP contribution in [0.4, 0.5) is 0 Å². The standard InChI is InChI=1S/C10H11N3O2S/c1-2-6-3-4-16-7(6)5-11-10-12-8(14)9(15)13-10/h3-4H,2,5H2,1H3,(H2,11,12,13,14,15). The Balaban J connectivity index is 2.05. The highest BCUT2D eigenvalue weighted by atomic mass is 32.1. The van der Waals surface area contributed by atoms with E-state index in [0.29, 0.717) is 6.54 Å². The molecule has 2 N–H and O–H groups in total. The summed E-state index contributed by atoms with van der Waals surface area (Å²) in [4.78, 5) is 27.0. The third-order valence-corrected chi connectivity index (χ3v) is 3.22. The molecule has 2 heterocycles. The largest absolute Gasteiger partial charge is 0.316 e. The summed E-state index contributed by atoms with van der Waals surface area (Å²) < 4.78 is 0. The number of amides is 2. The molecule has 1 saturated heterocycles. The molecule has 1 aromatic heterocycles. The highest BCUT2D eigenvalue weighted by Crippen LogP contribution is 2.18. The molecule has 0 aliphatic carbocycles. The zero-order valence-electron chi connectivity index (χ0n) is 8.74. The summed E-state index contributed by atoms with van der Waals surface area (Å²) in [7, 11) is 0. The molecule has 0 aromatic carbocycles. The molecule has 1 aromatic rings. The van der Waals surface area contributed by atoms with Crippen molar-refractivity contribution in [3.8, 4) is 0 Å². The Morgan fingerprint density at radius 1 is 1.31 bits per heavy atom. The normalized spacial score (nSPS) is 14.9. The van der Waals surface area contributed by atoms with E-state index < -0.39 is 11.8 Å². The fraction of sp³-hybridized carbons (Fsp3) is 0.300. The third-order valence-electron chi connectivity index (χ3n) is 2.27. The Bertz CT molecular complexity index is 446. The summed E-state index contributed by atoms with van der Waals surface area (Å²) in [5.74, 6) is -1.06. The van der Waals surface area contributed by atoms with Gasteiger partial charge in [-0.15, -0.1) is 11.3 Å². The fourth-order valence-corrected chi connectivity index (χ4v) is 2.31. The van der Waals surface area contributed by atoms with Crippen molar-refractivity contribution >= 4 is 29.1 Å². The molecule has 0 radical (unpaired) electrons. The summed E-state index contributed by atoms with van der Waals surface area (Å²) in [5.41, 5.74) is 1.25. The second-order valence-electron chi connectivity index (χ2n) is 3.30. The number of guanidine groups is 1. The first-order valence-electron chi connectivity index (χ1n) is 4.92. The Morgan fingerprint density at radius 3 is 2.62 bits per heavy atom. The van der Waals surface area contributed by atoms with Crippen molar-refractivity contribution in [2.45, 2.75) is 19.9 Å². The van der Waals surface area contributed by atoms with Crippen molar-refractivity contribution < 1.29 is 9.59 Å². The summed E-state index contributed by atoms with van der Waals surface area (Å²) in [6, 6.07) is 2.06. The van der Waals surface area contributed by atoms with Crippen molar-refractivity contribution in [3.63, 3.8) is 0 Å². The van der Waals surface area contributed by atoms with Gasteiger partial charge in [0.25, 0.3) is 0 Å². The average molecular weight is 237 g/mol. The van der Waals surface area contributed by atoms with Gasteiger partial charge in [-0.2, -0.15) is 0 Å². The molecule has 2 amide bonds. The molecule has 0 spiro atoms. The van der Waals surface area contributed by atoms with E-state index in [4.69, 9.17) is 0 Å². The van der Waals surface area contributed by atoms with Gasteiger partial charge in [-0.1, -0.05) is 6.92 Å². The summed E-state index contributed by atoms with van der Waals surface area (Å²) in [5, 5.41) is 6.73. The van der Waals surface area contributed by atoms with E-state index in [-0.39, 0.29) is 5.96 Å². The number of nitrogens with zero attached hydrogens (tertiary/aromatic N) is 1. The van der Waals surface area contributed by atoms with Gasteiger partial charge in [-0.25, -0.2) is 4.99 Å². The number of carbonyl (C=O) groups is 2. The van der Waals surface area contributed by atoms with Gasteiger partial charge in [0, 0.05) is 4.88 Å². The highest BCUT2D eigenvalue weighted by molar-refractivity contribution is 7.10. The lowest BCUT2D eigenvalue weighted by Gasteiger charge is -1.98. The predicted molar refractivity (Wildman–Crippen MR) is 61.1 cm³/mol. The number of hydrogen-bond donors (Lipinski definition) is 2. The Morgan fingerprint density at radius 2 is 2.00 bits per heavy atom. The van der Waals surface area contributed by atoms with Gasteiger partial charge in [0.15, 0.2) is 0 Å². The van der Waals surface area contributed by atoms with Crippen molar-refractivity contribution in [1.29, 1.82) is 0 Å². The van der Waals surface area contributed by atoms with Crippen molar-refractivity contribution in [1.82, 2.24) is 10.6 Å². The molecular weight excluding hydrogens is 226 g/mol. The molecule has 0 bridgehead atoms. The molecule has 1 fully saturated rings. The quantitative estimate of drug-likeness (QED) is 0.748. The minimum Gasteiger partial charge on any atom is -0.288 e. The zero-order chi connectivity index (χ0) is 11.5. The van der Waals surface area contributed by atoms with Gasteiger partial charge in [-0.3, -0.25) is 20.2 Å². The van der Waals surface area contributed by atoms with Gasteiger partial charge < -0.3 is 0 Å². The van der Waals surface area contributed by atoms with Crippen LogP contribution in [0.15, 0.2) is 16.4 Å². The smallest absolute Gasteiger partial charge is 0.288 e. The first-order chi connectivity index (χ1) is 7.70. The topological polar surface area (TPSA) is 70.6 Å². The number of thiophene rings is 1. The van der Waals surface area contributed by atoms with Crippen LogP contribution in [-0.4, -0.2) is 17.8 Å². The van der Waals surface area contributed by atoms with Crippen LogP contribution in [0.25, 0.3) is 0 Å². The highest BCUT2D eigenvalue weighted by Gasteiger charge is 2.24. The van der Waals surface area contributed by atoms with Crippen molar-refractivity contribution in [3.05, 3.63) is 21.9 Å². The first-order valence-corrected chi connectivity index (χ1v) is 5.80. The molecule has 84 valence electrons. The predicted octanol–water partition coefficient (Wildman–Crippen LogP) is 0.412. The lowest BCUT2D eigenvalue weighted by atomic mass is 10.2. The minimum atomic E-state index is -0.652. The number of rotatable bonds is 3. The van der Waals surface area contributed by atoms with Gasteiger partial charge in [0.1, 0.15) is 0 Å². The second kappa shape index (κ2) is 4.44. The zero-order valence-corrected chi connectivity index (χ0v) is 9.56. The SMILES string of the molecule is CCc1ccsc1CN=C1NC(=O)C(=O)N1. The maximum Gasteiger partial charge on any atom is 0.316 e. The Hall–Kier alpha value is -1.69. The molecular formula is C10H11N3O2S. The van der Waals surface area contributed by atoms with E-state index >= 15 is 0 Å². The van der Waals surface area contributed by atoms with E-state index in [1.54, 1.807) is 11.3 Å². The molecule has 1 aliphatic heterocycles. The lowest BCUT2D eigenvalue weighted by Crippen LogP contribution is -2.25. The number of hydrogen-bond acceptors (Lipinski definition) is 4. The molecule has 16 heavy (non-hydrogen) atoms. The molecule has 6 heteroatoms. The van der Waals surface area contributed by atoms with Crippen LogP contribution < -0.4 is 10.6 Å². The monoisotopic (exact) mass is 237 g/mol. The molecule has 5 nitrogen and oxygen atoms in total. The maximum atomic E-state index is 10.9. The minimum absolute atomic E-state index is 0.241. The number of nitrogens with one attached hydrogen (secondary N) is 2. The van der Waals surface area contributed by atoms with Crippen molar-refractivity contribution in [2.24, 2.45) is 4.99 Å². The van der Waals surface area contributed by atoms with Gasteiger partial charge >= 0.3 is 11.8 Å². The van der Waals surface area contributed by atoms with Gasteiger partial charge in [0.2, 0.25) is 5.96 Å². The van der Waals surface area contributed by atoms with E-state index in [1.165, 1.54) is 5.56 Å². The van der Waals surface area contributed by atoms with Crippen LogP contribution in [0.2, 0.25) is 0 Å². The van der Waals surface area contributed by atoms with Crippen LogP contribution in [0.3, 0.4) is 0 Å². The fourth-order valence-electron chi connectivity index (χ4n) is 1.41. The molecule has 0 unspecified atom stereocenters. The van der Waals surface area contributed by atoms with E-state index in [0.717, 1.165) is 11.3 Å². The second-order valence-corrected chi connectivity index (χ2v) is 4.30. The maximum absolute atomic E-state index is 10.9. The summed E-state index contributed by atoms with van der Waals surface area (Å²) >= 11 is 1.63. The van der Waals surface area contributed by atoms with E-state index in [9.17, 15) is 9.59 Å². The molecule has 0 saturated carbocycles. The van der Waals surface area contributed by atoms with Crippen LogP contribution in [0.1, 0.15) is 17.4 Å². The van der Waals surface area contributed by atoms with Crippen LogP contribution in [0.5, 0.6) is 0 Å². The summed E-state index contributed by atoms with van der Waals surface area (Å²) in [6.07, 6.45) is 0.961. The third kappa shape index (κ3) is 2.11. The van der Waals surface area contributed by atoms with Crippen LogP contribution in [-0.2, 0) is 22.6 Å². The molecule has 1 aliphatic rings. The molecule has 2 rings (SSSR count). The first kappa shape index (κ1) is 10.8. The lowest BCUT2D eigenvalue weighted by molar-refractivity contribution is -0.135. The molecule has 0 atom stereocenters.